The number of methoxy groups -OCH3 is 1. The lowest BCUT2D eigenvalue weighted by atomic mass is 9.92. The minimum atomic E-state index is -5.19. The number of H-pyrrole nitrogens is 1. The molecule has 8 aromatic rings. The van der Waals surface area contributed by atoms with Gasteiger partial charge in [0.15, 0.2) is 44.4 Å². The number of aromatic amines is 1. The maximum Gasteiger partial charge on any atom is 0.501 e. The molecule has 2 aromatic heterocycles. The summed E-state index contributed by atoms with van der Waals surface area (Å²) in [6.07, 6.45) is -4.28. The second-order valence-corrected chi connectivity index (χ2v) is 27.6. The van der Waals surface area contributed by atoms with Crippen LogP contribution in [0.15, 0.2) is 120 Å². The quantitative estimate of drug-likeness (QED) is 0.0155. The van der Waals surface area contributed by atoms with Gasteiger partial charge in [-0.15, -0.1) is 25.1 Å². The number of likely N-dealkylation sites (N-methyl/N-ethyl adjacent to an activating group) is 1. The zero-order chi connectivity index (χ0) is 71.3. The molecule has 6 aromatic carbocycles. The van der Waals surface area contributed by atoms with Gasteiger partial charge in [-0.1, -0.05) is 53.2 Å². The van der Waals surface area contributed by atoms with Crippen LogP contribution in [0.1, 0.15) is 82.7 Å². The Labute approximate surface area is 582 Å². The van der Waals surface area contributed by atoms with Crippen molar-refractivity contribution in [3.63, 3.8) is 0 Å². The number of nitrogens with one attached hydrogen (secondary N) is 3. The first-order valence-electron chi connectivity index (χ1n) is 32.1. The maximum absolute atomic E-state index is 14.7. The third-order valence-electron chi connectivity index (χ3n) is 16.6. The highest BCUT2D eigenvalue weighted by molar-refractivity contribution is 7.91. The molecule has 0 radical (unpaired) electrons. The average Bonchev–Trinajstić information content (AvgIpc) is 1.54. The molecule has 1 saturated heterocycles. The molecule has 4 heterocycles. The highest BCUT2D eigenvalue weighted by atomic mass is 35.5. The molecule has 0 aliphatic carbocycles. The van der Waals surface area contributed by atoms with Crippen molar-refractivity contribution in [2.75, 3.05) is 110 Å². The number of aliphatic hydroxyl groups excluding tert-OH is 3. The summed E-state index contributed by atoms with van der Waals surface area (Å²) in [5.41, 5.74) is 4.55. The fourth-order valence-corrected chi connectivity index (χ4v) is 13.5. The molecule has 100 heavy (non-hydrogen) atoms. The summed E-state index contributed by atoms with van der Waals surface area (Å²) in [5.74, 6) is -2.52. The highest BCUT2D eigenvalue weighted by Gasteiger charge is 2.40. The van der Waals surface area contributed by atoms with E-state index in [9.17, 15) is 51.3 Å². The minimum absolute atomic E-state index is 0.0236. The summed E-state index contributed by atoms with van der Waals surface area (Å²) >= 11 is 6.65. The van der Waals surface area contributed by atoms with E-state index in [-0.39, 0.29) is 123 Å². The number of fused-ring (bicyclic) bond motifs is 4. The van der Waals surface area contributed by atoms with E-state index in [1.165, 1.54) is 66.6 Å². The zero-order valence-corrected chi connectivity index (χ0v) is 58.0. The second-order valence-electron chi connectivity index (χ2n) is 24.1. The number of anilines is 1. The predicted molar refractivity (Wildman–Crippen MR) is 367 cm³/mol. The van der Waals surface area contributed by atoms with Crippen molar-refractivity contribution in [3.05, 3.63) is 160 Å². The number of alkyl halides is 1. The van der Waals surface area contributed by atoms with E-state index >= 15 is 0 Å². The molecule has 31 heteroatoms. The van der Waals surface area contributed by atoms with Gasteiger partial charge in [-0.2, -0.15) is 0 Å². The fourth-order valence-electron chi connectivity index (χ4n) is 11.3. The highest BCUT2D eigenvalue weighted by Crippen LogP contribution is 2.48. The van der Waals surface area contributed by atoms with Crippen LogP contribution in [0.5, 0.6) is 28.7 Å². The number of nitrogens with zero attached hydrogens (tertiary/aromatic N) is 5. The number of carbonyl (C=O) groups is 4. The SMILES string of the molecule is COc1cc2[nH]c(C(=O)N3C[C@@H](CCl)c4c3cc(OS(=O)(=O)Oc3cc(C(=O)NCCOCCOCCOCCn5cc(CNC(=O)c6ccc(C(=O)CCS(=O)(=O)c7ccc(C)cc7)cc6)nn5)ccc3O[C@H]3C[C@@H](O)[C@@H](O)[C@@H](CO)O3)c3cccc(C)c43)cc2cc1OCCN(C)C. The van der Waals surface area contributed by atoms with E-state index in [0.717, 1.165) is 17.2 Å². The van der Waals surface area contributed by atoms with E-state index in [2.05, 4.69) is 25.9 Å². The molecule has 28 nitrogen and oxygen atoms in total. The largest absolute Gasteiger partial charge is 0.501 e. The lowest BCUT2D eigenvalue weighted by Crippen LogP contribution is -2.51. The number of hydrogen-bond acceptors (Lipinski definition) is 23. The first kappa shape index (κ1) is 73.9. The number of rotatable bonds is 35. The Morgan fingerprint density at radius 3 is 2.19 bits per heavy atom. The molecular formula is C69H79ClN8O20S2. The van der Waals surface area contributed by atoms with E-state index in [0.29, 0.717) is 80.9 Å². The molecule has 1 fully saturated rings. The Hall–Kier alpha value is -8.79. The molecule has 10 rings (SSSR count). The summed E-state index contributed by atoms with van der Waals surface area (Å²) in [5, 5.41) is 46.2. The molecule has 0 bridgehead atoms. The molecule has 6 N–H and O–H groups in total. The van der Waals surface area contributed by atoms with Crippen molar-refractivity contribution in [2.45, 2.75) is 75.2 Å². The van der Waals surface area contributed by atoms with Crippen molar-refractivity contribution in [2.24, 2.45) is 0 Å². The van der Waals surface area contributed by atoms with Crippen molar-refractivity contribution in [1.82, 2.24) is 35.5 Å². The van der Waals surface area contributed by atoms with Gasteiger partial charge in [-0.05, 0) is 99.1 Å². The number of benzene rings is 6. The Bertz CT molecular complexity index is 4440. The fraction of sp³-hybridized carbons (Fsp3) is 0.391. The van der Waals surface area contributed by atoms with Crippen LogP contribution in [0.4, 0.5) is 5.69 Å². The lowest BCUT2D eigenvalue weighted by molar-refractivity contribution is -0.230. The van der Waals surface area contributed by atoms with Crippen LogP contribution in [0.25, 0.3) is 21.7 Å². The van der Waals surface area contributed by atoms with Crippen LogP contribution in [0.3, 0.4) is 0 Å². The molecule has 3 amide bonds. The number of amides is 3. The van der Waals surface area contributed by atoms with E-state index < -0.39 is 74.9 Å². The van der Waals surface area contributed by atoms with Gasteiger partial charge in [0.2, 0.25) is 6.29 Å². The van der Waals surface area contributed by atoms with Crippen molar-refractivity contribution in [3.8, 4) is 28.7 Å². The first-order chi connectivity index (χ1) is 48.0. The normalized spacial score (nSPS) is 16.9. The van der Waals surface area contributed by atoms with Gasteiger partial charge in [-0.25, -0.2) is 13.1 Å². The average molecular weight is 1440 g/mol. The van der Waals surface area contributed by atoms with Gasteiger partial charge >= 0.3 is 10.4 Å². The van der Waals surface area contributed by atoms with Gasteiger partial charge in [0.05, 0.1) is 95.1 Å². The molecule has 0 spiro atoms. The number of carbonyl (C=O) groups excluding carboxylic acids is 4. The van der Waals surface area contributed by atoms with Gasteiger partial charge in [0.1, 0.15) is 30.2 Å². The number of sulfone groups is 1. The van der Waals surface area contributed by atoms with Gasteiger partial charge in [0.25, 0.3) is 17.7 Å². The maximum atomic E-state index is 14.7. The molecule has 0 unspecified atom stereocenters. The molecule has 0 saturated carbocycles. The van der Waals surface area contributed by atoms with Crippen LogP contribution in [0, 0.1) is 13.8 Å². The van der Waals surface area contributed by atoms with E-state index in [4.69, 9.17) is 53.1 Å². The lowest BCUT2D eigenvalue weighted by Gasteiger charge is -2.36. The van der Waals surface area contributed by atoms with Gasteiger partial charge in [-0.3, -0.25) is 19.2 Å². The number of aromatic nitrogens is 4. The summed E-state index contributed by atoms with van der Waals surface area (Å²) in [7, 11) is -3.43. The topological polar surface area (TPSA) is 357 Å². The number of hydrogen-bond donors (Lipinski definition) is 6. The van der Waals surface area contributed by atoms with Crippen molar-refractivity contribution in [1.29, 1.82) is 0 Å². The smallest absolute Gasteiger partial charge is 0.493 e. The molecule has 2 aliphatic rings. The third kappa shape index (κ3) is 18.6. The monoisotopic (exact) mass is 1440 g/mol. The summed E-state index contributed by atoms with van der Waals surface area (Å²) in [6, 6.07) is 28.0. The Morgan fingerprint density at radius 2 is 1.47 bits per heavy atom. The summed E-state index contributed by atoms with van der Waals surface area (Å²) in [6.45, 7) is 5.92. The van der Waals surface area contributed by atoms with Crippen LogP contribution in [-0.4, -0.2) is 210 Å². The van der Waals surface area contributed by atoms with E-state index in [1.807, 2.05) is 38.9 Å². The standard InChI is InChI=1S/C69H79ClN8O20S2/c1-42-9-16-50(17-10-42)99(86,87)30-19-55(80)44-11-13-45(14-12-44)67(83)72-38-49-40-77(75-74-49)22-24-92-27-29-93-28-26-91-23-20-71-68(84)46-15-18-57(95-63-36-56(81)66(82)62(41-79)96-63)61(32-46)98-100(88,89)97-58-35-54-65(64-43(2)7-6-8-51(58)64)48(37-70)39-78(54)69(85)53-31-47-33-60(94-25-21-76(3)4)59(90-5)34-52(47)73-53/h6-18,31-35,40,48,56,62-63,66,73,79,81-82H,19-30,36-39,41H2,1-5H3,(H,71,84)(H,72,83)/t48-,56-,62-,63-,66-/m1/s1. The van der Waals surface area contributed by atoms with Gasteiger partial charge in [0, 0.05) is 89.4 Å². The summed E-state index contributed by atoms with van der Waals surface area (Å²) < 4.78 is 108. The third-order valence-corrected chi connectivity index (χ3v) is 19.5. The molecular weight excluding hydrogens is 1360 g/mol. The van der Waals surface area contributed by atoms with Crippen LogP contribution in [-0.2, 0) is 52.3 Å². The van der Waals surface area contributed by atoms with Crippen LogP contribution < -0.4 is 38.1 Å². The number of aryl methyl sites for hydroxylation is 2. The van der Waals surface area contributed by atoms with E-state index in [1.54, 1.807) is 53.3 Å². The predicted octanol–water partition coefficient (Wildman–Crippen LogP) is 5.83. The number of Topliss-reactive ketones (excluding diaryl/α,β-unsaturated/α-hetero) is 1. The number of aliphatic hydroxyl groups is 3. The minimum Gasteiger partial charge on any atom is -0.493 e. The zero-order valence-electron chi connectivity index (χ0n) is 55.6. The Balaban J connectivity index is 0.696. The van der Waals surface area contributed by atoms with Gasteiger partial charge < -0.3 is 82.3 Å². The Kier molecular flexibility index (Phi) is 24.8. The number of ketones is 1. The summed E-state index contributed by atoms with van der Waals surface area (Å²) in [4.78, 5) is 60.9. The Morgan fingerprint density at radius 1 is 0.770 bits per heavy atom. The first-order valence-corrected chi connectivity index (χ1v) is 35.6. The second kappa shape index (κ2) is 33.6. The molecule has 2 aliphatic heterocycles. The number of halogens is 1. The number of ether oxygens (including phenoxy) is 7. The van der Waals surface area contributed by atoms with Crippen molar-refractivity contribution < 1.29 is 92.9 Å². The van der Waals surface area contributed by atoms with Crippen molar-refractivity contribution >= 4 is 82.7 Å². The van der Waals surface area contributed by atoms with Crippen LogP contribution >= 0.6 is 11.6 Å². The molecule has 534 valence electrons. The molecule has 5 atom stereocenters. The van der Waals surface area contributed by atoms with Crippen LogP contribution in [0.2, 0.25) is 0 Å².